The number of carboxylic acid groups (broad SMARTS) is 2. The molecular formula is C12H13Cl2NO4S. The van der Waals surface area contributed by atoms with E-state index in [1.54, 1.807) is 18.2 Å². The molecule has 0 saturated heterocycles. The van der Waals surface area contributed by atoms with Gasteiger partial charge in [-0.2, -0.15) is 0 Å². The monoisotopic (exact) mass is 337 g/mol. The lowest BCUT2D eigenvalue weighted by Gasteiger charge is -2.17. The van der Waals surface area contributed by atoms with Crippen molar-refractivity contribution in [2.75, 3.05) is 25.4 Å². The molecule has 8 heteroatoms. The largest absolute Gasteiger partial charge is 0.480 e. The number of hydrogen-bond acceptors (Lipinski definition) is 4. The second-order valence-electron chi connectivity index (χ2n) is 3.92. The molecule has 2 N–H and O–H groups in total. The summed E-state index contributed by atoms with van der Waals surface area (Å²) in [6.07, 6.45) is 0. The number of halogens is 2. The van der Waals surface area contributed by atoms with Gasteiger partial charge in [0.15, 0.2) is 0 Å². The van der Waals surface area contributed by atoms with E-state index in [2.05, 4.69) is 0 Å². The third-order valence-corrected chi connectivity index (χ3v) is 3.99. The van der Waals surface area contributed by atoms with E-state index in [9.17, 15) is 9.59 Å². The van der Waals surface area contributed by atoms with E-state index in [1.165, 1.54) is 16.7 Å². The Kier molecular flexibility index (Phi) is 7.15. The van der Waals surface area contributed by atoms with Gasteiger partial charge in [0.05, 0.1) is 18.1 Å². The molecule has 0 aromatic heterocycles. The van der Waals surface area contributed by atoms with Crippen molar-refractivity contribution in [3.8, 4) is 0 Å². The van der Waals surface area contributed by atoms with Crippen LogP contribution < -0.4 is 0 Å². The average Bonchev–Trinajstić information content (AvgIpc) is 2.32. The van der Waals surface area contributed by atoms with Gasteiger partial charge in [0.25, 0.3) is 0 Å². The number of thioether (sulfide) groups is 1. The van der Waals surface area contributed by atoms with Crippen molar-refractivity contribution in [1.29, 1.82) is 0 Å². The van der Waals surface area contributed by atoms with Crippen LogP contribution >= 0.6 is 35.0 Å². The van der Waals surface area contributed by atoms with Crippen LogP contribution in [0.25, 0.3) is 0 Å². The minimum absolute atomic E-state index is 0.309. The van der Waals surface area contributed by atoms with Crippen LogP contribution in [0.3, 0.4) is 0 Å². The van der Waals surface area contributed by atoms with Gasteiger partial charge >= 0.3 is 11.9 Å². The topological polar surface area (TPSA) is 77.8 Å². The maximum atomic E-state index is 10.6. The van der Waals surface area contributed by atoms with Gasteiger partial charge in [-0.1, -0.05) is 23.2 Å². The summed E-state index contributed by atoms with van der Waals surface area (Å²) in [4.78, 5) is 23.4. The minimum atomic E-state index is -1.06. The van der Waals surface area contributed by atoms with Gasteiger partial charge in [-0.15, -0.1) is 11.8 Å². The Labute approximate surface area is 130 Å². The van der Waals surface area contributed by atoms with Crippen LogP contribution in [0.1, 0.15) is 0 Å². The molecule has 0 saturated carbocycles. The molecule has 0 unspecified atom stereocenters. The van der Waals surface area contributed by atoms with Gasteiger partial charge in [0.2, 0.25) is 0 Å². The Hall–Kier alpha value is -0.950. The van der Waals surface area contributed by atoms with Crippen molar-refractivity contribution in [3.63, 3.8) is 0 Å². The number of hydrogen-bond donors (Lipinski definition) is 2. The number of benzene rings is 1. The molecular weight excluding hydrogens is 325 g/mol. The smallest absolute Gasteiger partial charge is 0.317 e. The molecule has 20 heavy (non-hydrogen) atoms. The van der Waals surface area contributed by atoms with Crippen molar-refractivity contribution in [3.05, 3.63) is 28.2 Å². The van der Waals surface area contributed by atoms with Gasteiger partial charge in [0, 0.05) is 22.2 Å². The van der Waals surface area contributed by atoms with Crippen LogP contribution in [0.15, 0.2) is 23.1 Å². The zero-order chi connectivity index (χ0) is 15.1. The van der Waals surface area contributed by atoms with Crippen LogP contribution in [-0.2, 0) is 9.59 Å². The van der Waals surface area contributed by atoms with E-state index in [-0.39, 0.29) is 13.1 Å². The van der Waals surface area contributed by atoms with Gasteiger partial charge in [-0.05, 0) is 18.2 Å². The summed E-state index contributed by atoms with van der Waals surface area (Å²) >= 11 is 13.3. The fraction of sp³-hybridized carbons (Fsp3) is 0.333. The highest BCUT2D eigenvalue weighted by molar-refractivity contribution is 7.99. The van der Waals surface area contributed by atoms with Crippen molar-refractivity contribution in [2.45, 2.75) is 4.90 Å². The fourth-order valence-electron chi connectivity index (χ4n) is 1.47. The molecule has 0 aliphatic rings. The van der Waals surface area contributed by atoms with E-state index in [0.29, 0.717) is 22.3 Å². The molecule has 0 aliphatic carbocycles. The standard InChI is InChI=1S/C12H13Cl2NO4S/c13-8-1-2-9(14)10(5-8)20-4-3-15(6-11(16)17)7-12(18)19/h1-2,5H,3-4,6-7H2,(H,16,17)(H,18,19). The molecule has 110 valence electrons. The number of carbonyl (C=O) groups is 2. The summed E-state index contributed by atoms with van der Waals surface area (Å²) in [7, 11) is 0. The van der Waals surface area contributed by atoms with Crippen LogP contribution in [0.5, 0.6) is 0 Å². The third-order valence-electron chi connectivity index (χ3n) is 2.28. The normalized spacial score (nSPS) is 10.8. The first-order chi connectivity index (χ1) is 9.38. The SMILES string of the molecule is O=C(O)CN(CCSc1cc(Cl)ccc1Cl)CC(=O)O. The summed E-state index contributed by atoms with van der Waals surface area (Å²) < 4.78 is 0. The quantitative estimate of drug-likeness (QED) is 0.710. The van der Waals surface area contributed by atoms with Crippen molar-refractivity contribution in [1.82, 2.24) is 4.90 Å². The molecule has 0 bridgehead atoms. The lowest BCUT2D eigenvalue weighted by atomic mass is 10.4. The second kappa shape index (κ2) is 8.36. The number of carboxylic acids is 2. The average molecular weight is 338 g/mol. The van der Waals surface area contributed by atoms with Gasteiger partial charge < -0.3 is 10.2 Å². The predicted molar refractivity (Wildman–Crippen MR) is 78.9 cm³/mol. The third kappa shape index (κ3) is 6.47. The molecule has 0 amide bonds. The molecule has 1 aromatic rings. The lowest BCUT2D eigenvalue weighted by molar-refractivity contribution is -0.141. The molecule has 0 aliphatic heterocycles. The van der Waals surface area contributed by atoms with Crippen molar-refractivity contribution >= 4 is 46.9 Å². The first-order valence-corrected chi connectivity index (χ1v) is 7.36. The van der Waals surface area contributed by atoms with Crippen LogP contribution in [-0.4, -0.2) is 52.4 Å². The number of aliphatic carboxylic acids is 2. The lowest BCUT2D eigenvalue weighted by Crippen LogP contribution is -2.36. The first kappa shape index (κ1) is 17.1. The molecule has 0 radical (unpaired) electrons. The zero-order valence-electron chi connectivity index (χ0n) is 10.4. The van der Waals surface area contributed by atoms with Gasteiger partial charge in [-0.25, -0.2) is 0 Å². The summed E-state index contributed by atoms with van der Waals surface area (Å²) in [6, 6.07) is 5.07. The number of rotatable bonds is 8. The maximum Gasteiger partial charge on any atom is 0.317 e. The van der Waals surface area contributed by atoms with Crippen LogP contribution in [0.2, 0.25) is 10.0 Å². The molecule has 1 aromatic carbocycles. The summed E-state index contributed by atoms with van der Waals surface area (Å²) in [6.45, 7) is -0.293. The minimum Gasteiger partial charge on any atom is -0.480 e. The number of nitrogens with zero attached hydrogens (tertiary/aromatic N) is 1. The van der Waals surface area contributed by atoms with E-state index in [0.717, 1.165) is 4.90 Å². The Balaban J connectivity index is 2.52. The fourth-order valence-corrected chi connectivity index (χ4v) is 2.97. The molecule has 1 rings (SSSR count). The molecule has 0 heterocycles. The van der Waals surface area contributed by atoms with Gasteiger partial charge in [-0.3, -0.25) is 14.5 Å². The summed E-state index contributed by atoms with van der Waals surface area (Å²) in [5, 5.41) is 18.5. The Bertz CT molecular complexity index is 482. The maximum absolute atomic E-state index is 10.6. The summed E-state index contributed by atoms with van der Waals surface area (Å²) in [5.74, 6) is -1.60. The molecule has 5 nitrogen and oxygen atoms in total. The van der Waals surface area contributed by atoms with Crippen molar-refractivity contribution in [2.24, 2.45) is 0 Å². The van der Waals surface area contributed by atoms with E-state index in [4.69, 9.17) is 33.4 Å². The van der Waals surface area contributed by atoms with E-state index < -0.39 is 11.9 Å². The predicted octanol–water partition coefficient (Wildman–Crippen LogP) is 2.56. The molecule has 0 fully saturated rings. The Morgan fingerprint density at radius 2 is 1.75 bits per heavy atom. The molecule has 0 spiro atoms. The zero-order valence-corrected chi connectivity index (χ0v) is 12.7. The van der Waals surface area contributed by atoms with Crippen molar-refractivity contribution < 1.29 is 19.8 Å². The highest BCUT2D eigenvalue weighted by Gasteiger charge is 2.13. The second-order valence-corrected chi connectivity index (χ2v) is 5.90. The van der Waals surface area contributed by atoms with Crippen LogP contribution in [0.4, 0.5) is 0 Å². The molecule has 0 atom stereocenters. The van der Waals surface area contributed by atoms with Gasteiger partial charge in [0.1, 0.15) is 0 Å². The van der Waals surface area contributed by atoms with E-state index >= 15 is 0 Å². The first-order valence-electron chi connectivity index (χ1n) is 5.62. The van der Waals surface area contributed by atoms with E-state index in [1.807, 2.05) is 0 Å². The highest BCUT2D eigenvalue weighted by atomic mass is 35.5. The summed E-state index contributed by atoms with van der Waals surface area (Å²) in [5.41, 5.74) is 0. The Morgan fingerprint density at radius 1 is 1.15 bits per heavy atom. The Morgan fingerprint density at radius 3 is 2.30 bits per heavy atom. The van der Waals surface area contributed by atoms with Crippen LogP contribution in [0, 0.1) is 0 Å². The highest BCUT2D eigenvalue weighted by Crippen LogP contribution is 2.29.